The van der Waals surface area contributed by atoms with Crippen molar-refractivity contribution in [3.63, 3.8) is 0 Å². The lowest BCUT2D eigenvalue weighted by Gasteiger charge is -2.14. The number of allylic oxidation sites excluding steroid dienone is 1. The van der Waals surface area contributed by atoms with Crippen LogP contribution in [-0.4, -0.2) is 19.3 Å². The summed E-state index contributed by atoms with van der Waals surface area (Å²) in [5, 5.41) is 8.50. The van der Waals surface area contributed by atoms with E-state index in [1.165, 1.54) is 6.07 Å². The van der Waals surface area contributed by atoms with Crippen molar-refractivity contribution >= 4 is 5.97 Å². The maximum Gasteiger partial charge on any atom is 0.397 e. The highest BCUT2D eigenvalue weighted by Gasteiger charge is 2.62. The highest BCUT2D eigenvalue weighted by Crippen LogP contribution is 2.59. The normalized spacial score (nSPS) is 19.3. The van der Waals surface area contributed by atoms with Gasteiger partial charge in [-0.15, -0.1) is 0 Å². The number of carbonyl (C=O) groups is 1. The van der Waals surface area contributed by atoms with Crippen molar-refractivity contribution in [1.29, 1.82) is 5.26 Å². The Kier molecular flexibility index (Phi) is 2.75. The maximum atomic E-state index is 12.5. The van der Waals surface area contributed by atoms with E-state index in [2.05, 4.69) is 4.74 Å². The second-order valence-corrected chi connectivity index (χ2v) is 3.32. The van der Waals surface area contributed by atoms with E-state index in [1.54, 1.807) is 0 Å². The first kappa shape index (κ1) is 11.6. The fourth-order valence-electron chi connectivity index (χ4n) is 1.17. The Morgan fingerprint density at radius 1 is 1.53 bits per heavy atom. The predicted molar refractivity (Wildman–Crippen MR) is 43.4 cm³/mol. The highest BCUT2D eigenvalue weighted by atomic mass is 19.4. The zero-order valence-electron chi connectivity index (χ0n) is 7.89. The number of methoxy groups -OCH3 is 1. The second kappa shape index (κ2) is 3.57. The quantitative estimate of drug-likeness (QED) is 0.405. The molecule has 15 heavy (non-hydrogen) atoms. The van der Waals surface area contributed by atoms with E-state index in [4.69, 9.17) is 5.26 Å². The number of nitriles is 1. The molecule has 0 aliphatic heterocycles. The van der Waals surface area contributed by atoms with E-state index in [9.17, 15) is 18.0 Å². The van der Waals surface area contributed by atoms with Gasteiger partial charge in [0, 0.05) is 0 Å². The third-order valence-corrected chi connectivity index (χ3v) is 2.30. The summed E-state index contributed by atoms with van der Waals surface area (Å²) in [7, 11) is 1.01. The topological polar surface area (TPSA) is 50.1 Å². The molecule has 3 nitrogen and oxygen atoms in total. The number of carbonyl (C=O) groups excluding carboxylic acids is 1. The number of alkyl halides is 3. The van der Waals surface area contributed by atoms with Crippen LogP contribution in [0.5, 0.6) is 0 Å². The average Bonchev–Trinajstić information content (AvgIpc) is 2.93. The van der Waals surface area contributed by atoms with Gasteiger partial charge in [-0.2, -0.15) is 18.4 Å². The molecule has 0 radical (unpaired) electrons. The molecule has 0 unspecified atom stereocenters. The van der Waals surface area contributed by atoms with E-state index in [0.717, 1.165) is 7.11 Å². The molecule has 0 N–H and O–H groups in total. The highest BCUT2D eigenvalue weighted by molar-refractivity contribution is 5.92. The molecule has 0 spiro atoms. The molecular formula is C9H8F3NO2. The predicted octanol–water partition coefficient (Wildman–Crippen LogP) is 1.95. The van der Waals surface area contributed by atoms with Crippen LogP contribution in [0.2, 0.25) is 0 Å². The van der Waals surface area contributed by atoms with Gasteiger partial charge < -0.3 is 4.74 Å². The molecule has 0 amide bonds. The molecule has 82 valence electrons. The molecular weight excluding hydrogens is 211 g/mol. The molecule has 1 aliphatic carbocycles. The van der Waals surface area contributed by atoms with Crippen LogP contribution >= 0.6 is 0 Å². The van der Waals surface area contributed by atoms with Gasteiger partial charge in [-0.3, -0.25) is 0 Å². The number of nitrogens with zero attached hydrogens (tertiary/aromatic N) is 1. The van der Waals surface area contributed by atoms with Crippen LogP contribution in [0.4, 0.5) is 13.2 Å². The Morgan fingerprint density at radius 2 is 2.07 bits per heavy atom. The molecule has 0 aromatic heterocycles. The number of esters is 1. The molecule has 0 atom stereocenters. The number of ether oxygens (including phenoxy) is 1. The Balaban J connectivity index is 2.96. The van der Waals surface area contributed by atoms with Gasteiger partial charge in [-0.1, -0.05) is 0 Å². The van der Waals surface area contributed by atoms with Gasteiger partial charge in [-0.05, 0) is 18.9 Å². The van der Waals surface area contributed by atoms with E-state index in [1.807, 2.05) is 0 Å². The second-order valence-electron chi connectivity index (χ2n) is 3.32. The number of hydrogen-bond donors (Lipinski definition) is 0. The lowest BCUT2D eigenvalue weighted by Crippen LogP contribution is -2.23. The molecule has 1 aliphatic rings. The van der Waals surface area contributed by atoms with Gasteiger partial charge in [0.15, 0.2) is 0 Å². The number of rotatable bonds is 2. The van der Waals surface area contributed by atoms with Crippen molar-refractivity contribution in [3.8, 4) is 6.07 Å². The molecule has 0 aromatic rings. The van der Waals surface area contributed by atoms with Crippen LogP contribution in [-0.2, 0) is 9.53 Å². The van der Waals surface area contributed by atoms with Gasteiger partial charge in [0.25, 0.3) is 0 Å². The number of halogens is 3. The minimum absolute atomic E-state index is 0.0846. The molecule has 0 bridgehead atoms. The Morgan fingerprint density at radius 3 is 2.33 bits per heavy atom. The van der Waals surface area contributed by atoms with Crippen LogP contribution in [0, 0.1) is 16.7 Å². The van der Waals surface area contributed by atoms with Gasteiger partial charge in [0.1, 0.15) is 11.6 Å². The zero-order valence-corrected chi connectivity index (χ0v) is 7.89. The first-order valence-corrected chi connectivity index (χ1v) is 4.14. The third-order valence-electron chi connectivity index (χ3n) is 2.30. The standard InChI is InChI=1S/C9H8F3NO2/c1-15-7(14)6(5-13)4-8(2-3-8)9(10,11)12/h4H,2-3H2,1H3. The minimum atomic E-state index is -4.41. The average molecular weight is 219 g/mol. The van der Waals surface area contributed by atoms with E-state index in [-0.39, 0.29) is 12.8 Å². The summed E-state index contributed by atoms with van der Waals surface area (Å²) >= 11 is 0. The van der Waals surface area contributed by atoms with Crippen molar-refractivity contribution in [2.24, 2.45) is 5.41 Å². The molecule has 0 heterocycles. The largest absolute Gasteiger partial charge is 0.465 e. The van der Waals surface area contributed by atoms with Crippen LogP contribution < -0.4 is 0 Å². The Hall–Kier alpha value is -1.51. The van der Waals surface area contributed by atoms with Crippen LogP contribution in [0.25, 0.3) is 0 Å². The fraction of sp³-hybridized carbons (Fsp3) is 0.556. The molecule has 0 aromatic carbocycles. The molecule has 0 saturated heterocycles. The Labute approximate surface area is 84.1 Å². The van der Waals surface area contributed by atoms with Crippen molar-refractivity contribution in [1.82, 2.24) is 0 Å². The monoisotopic (exact) mass is 219 g/mol. The van der Waals surface area contributed by atoms with Gasteiger partial charge in [0.05, 0.1) is 12.5 Å². The van der Waals surface area contributed by atoms with Gasteiger partial charge in [-0.25, -0.2) is 4.79 Å². The third kappa shape index (κ3) is 2.12. The fourth-order valence-corrected chi connectivity index (χ4v) is 1.17. The lowest BCUT2D eigenvalue weighted by molar-refractivity contribution is -0.172. The summed E-state index contributed by atoms with van der Waals surface area (Å²) in [5.74, 6) is -1.03. The van der Waals surface area contributed by atoms with Crippen molar-refractivity contribution in [2.45, 2.75) is 19.0 Å². The number of hydrogen-bond acceptors (Lipinski definition) is 3. The summed E-state index contributed by atoms with van der Waals surface area (Å²) in [6, 6.07) is 1.41. The van der Waals surface area contributed by atoms with Gasteiger partial charge >= 0.3 is 12.1 Å². The van der Waals surface area contributed by atoms with E-state index < -0.39 is 23.1 Å². The first-order valence-electron chi connectivity index (χ1n) is 4.14. The summed E-state index contributed by atoms with van der Waals surface area (Å²) in [6.07, 6.45) is -3.92. The molecule has 1 rings (SSSR count). The molecule has 6 heteroatoms. The molecule has 1 saturated carbocycles. The summed E-state index contributed by atoms with van der Waals surface area (Å²) in [6.45, 7) is 0. The zero-order chi connectivity index (χ0) is 11.7. The smallest absolute Gasteiger partial charge is 0.397 e. The van der Waals surface area contributed by atoms with E-state index >= 15 is 0 Å². The lowest BCUT2D eigenvalue weighted by atomic mass is 10.0. The summed E-state index contributed by atoms with van der Waals surface area (Å²) < 4.78 is 41.6. The maximum absolute atomic E-state index is 12.5. The van der Waals surface area contributed by atoms with Crippen LogP contribution in [0.15, 0.2) is 11.6 Å². The van der Waals surface area contributed by atoms with Crippen LogP contribution in [0.3, 0.4) is 0 Å². The first-order chi connectivity index (χ1) is 6.86. The van der Waals surface area contributed by atoms with Gasteiger partial charge in [0.2, 0.25) is 0 Å². The Bertz CT molecular complexity index is 347. The SMILES string of the molecule is COC(=O)C(C#N)=CC1(C(F)(F)F)CC1. The van der Waals surface area contributed by atoms with E-state index in [0.29, 0.717) is 6.08 Å². The summed E-state index contributed by atoms with van der Waals surface area (Å²) in [4.78, 5) is 10.9. The minimum Gasteiger partial charge on any atom is -0.465 e. The molecule has 1 fully saturated rings. The van der Waals surface area contributed by atoms with Crippen molar-refractivity contribution < 1.29 is 22.7 Å². The van der Waals surface area contributed by atoms with Crippen molar-refractivity contribution in [3.05, 3.63) is 11.6 Å². The van der Waals surface area contributed by atoms with Crippen LogP contribution in [0.1, 0.15) is 12.8 Å². The van der Waals surface area contributed by atoms with Crippen molar-refractivity contribution in [2.75, 3.05) is 7.11 Å². The summed E-state index contributed by atoms with van der Waals surface area (Å²) in [5.41, 5.74) is -2.58.